The van der Waals surface area contributed by atoms with E-state index in [-0.39, 0.29) is 6.42 Å². The maximum absolute atomic E-state index is 11.7. The number of hydrogen-bond acceptors (Lipinski definition) is 3. The Bertz CT molecular complexity index is 850. The van der Waals surface area contributed by atoms with Gasteiger partial charge in [-0.3, -0.25) is 4.79 Å². The summed E-state index contributed by atoms with van der Waals surface area (Å²) in [6.45, 7) is 4.27. The van der Waals surface area contributed by atoms with E-state index in [1.165, 1.54) is 0 Å². The molecule has 0 spiro atoms. The van der Waals surface area contributed by atoms with Gasteiger partial charge in [-0.2, -0.15) is 0 Å². The third kappa shape index (κ3) is 3.96. The number of rotatable bonds is 7. The highest BCUT2D eigenvalue weighted by Crippen LogP contribution is 2.43. The molecule has 142 valence electrons. The van der Waals surface area contributed by atoms with Crippen LogP contribution >= 0.6 is 11.6 Å². The van der Waals surface area contributed by atoms with E-state index in [0.717, 1.165) is 41.9 Å². The lowest BCUT2D eigenvalue weighted by Crippen LogP contribution is -2.50. The van der Waals surface area contributed by atoms with Gasteiger partial charge in [0, 0.05) is 0 Å². The Morgan fingerprint density at radius 3 is 2.44 bits per heavy atom. The van der Waals surface area contributed by atoms with Gasteiger partial charge in [-0.15, -0.1) is 0 Å². The molecule has 0 amide bonds. The molecule has 3 rings (SSSR count). The van der Waals surface area contributed by atoms with Crippen molar-refractivity contribution < 1.29 is 9.90 Å². The second-order valence-corrected chi connectivity index (χ2v) is 7.45. The number of halogens is 1. The van der Waals surface area contributed by atoms with E-state index in [9.17, 15) is 9.90 Å². The summed E-state index contributed by atoms with van der Waals surface area (Å²) in [4.78, 5) is 13.8. The second-order valence-electron chi connectivity index (χ2n) is 7.05. The molecular formula is C22H25ClN2O2. The average Bonchev–Trinajstić information content (AvgIpc) is 2.93. The van der Waals surface area contributed by atoms with Gasteiger partial charge in [0.15, 0.2) is 0 Å². The molecular weight excluding hydrogens is 360 g/mol. The third-order valence-electron chi connectivity index (χ3n) is 4.94. The molecule has 2 aromatic rings. The number of benzene rings is 2. The fourth-order valence-corrected chi connectivity index (χ4v) is 3.92. The molecule has 0 fully saturated rings. The zero-order valence-electron chi connectivity index (χ0n) is 15.7. The van der Waals surface area contributed by atoms with Gasteiger partial charge in [0.1, 0.15) is 5.66 Å². The molecule has 1 unspecified atom stereocenters. The molecule has 1 aliphatic rings. The first-order chi connectivity index (χ1) is 13.0. The summed E-state index contributed by atoms with van der Waals surface area (Å²) >= 11 is 6.52. The third-order valence-corrected chi connectivity index (χ3v) is 5.26. The van der Waals surface area contributed by atoms with Gasteiger partial charge in [0.25, 0.3) is 0 Å². The fraction of sp³-hybridized carbons (Fsp3) is 0.318. The summed E-state index contributed by atoms with van der Waals surface area (Å²) in [7, 11) is 0. The lowest BCUT2D eigenvalue weighted by Gasteiger charge is -2.39. The summed E-state index contributed by atoms with van der Waals surface area (Å²) < 4.78 is 0. The smallest absolute Gasteiger partial charge is 0.309 e. The number of nitrogens with zero attached hydrogens (tertiary/aromatic N) is 1. The fourth-order valence-electron chi connectivity index (χ4n) is 3.70. The molecule has 0 aliphatic carbocycles. The van der Waals surface area contributed by atoms with Crippen molar-refractivity contribution in [1.82, 2.24) is 5.32 Å². The summed E-state index contributed by atoms with van der Waals surface area (Å²) in [5.74, 6) is -0.864. The Morgan fingerprint density at radius 1 is 1.15 bits per heavy atom. The first-order valence-electron chi connectivity index (χ1n) is 9.29. The highest BCUT2D eigenvalue weighted by molar-refractivity contribution is 6.33. The van der Waals surface area contributed by atoms with E-state index in [0.29, 0.717) is 5.02 Å². The van der Waals surface area contributed by atoms with Crippen molar-refractivity contribution in [2.75, 3.05) is 4.90 Å². The minimum Gasteiger partial charge on any atom is -0.481 e. The van der Waals surface area contributed by atoms with Crippen molar-refractivity contribution in [2.45, 2.75) is 45.2 Å². The normalized spacial score (nSPS) is 19.3. The van der Waals surface area contributed by atoms with Crippen molar-refractivity contribution in [3.8, 4) is 0 Å². The maximum atomic E-state index is 11.7. The van der Waals surface area contributed by atoms with Crippen LogP contribution in [0.15, 0.2) is 60.3 Å². The molecule has 4 nitrogen and oxygen atoms in total. The topological polar surface area (TPSA) is 52.6 Å². The first kappa shape index (κ1) is 19.3. The summed E-state index contributed by atoms with van der Waals surface area (Å²) in [5.41, 5.74) is 2.95. The Hall–Kier alpha value is -2.46. The molecule has 0 saturated heterocycles. The van der Waals surface area contributed by atoms with Crippen LogP contribution in [0.2, 0.25) is 5.02 Å². The Kier molecular flexibility index (Phi) is 5.76. The van der Waals surface area contributed by atoms with E-state index in [1.807, 2.05) is 54.6 Å². The van der Waals surface area contributed by atoms with Gasteiger partial charge in [-0.1, -0.05) is 67.4 Å². The van der Waals surface area contributed by atoms with E-state index >= 15 is 0 Å². The van der Waals surface area contributed by atoms with Gasteiger partial charge < -0.3 is 15.3 Å². The van der Waals surface area contributed by atoms with Crippen LogP contribution in [0.4, 0.5) is 5.69 Å². The number of unbranched alkanes of at least 4 members (excludes halogenated alkanes) is 1. The van der Waals surface area contributed by atoms with E-state index in [2.05, 4.69) is 24.1 Å². The van der Waals surface area contributed by atoms with Crippen LogP contribution in [-0.4, -0.2) is 16.7 Å². The molecule has 1 aliphatic heterocycles. The molecule has 0 radical (unpaired) electrons. The van der Waals surface area contributed by atoms with Gasteiger partial charge in [0.2, 0.25) is 0 Å². The van der Waals surface area contributed by atoms with Crippen LogP contribution in [0, 0.1) is 0 Å². The number of hydrogen-bond donors (Lipinski definition) is 2. The Balaban J connectivity index is 2.18. The van der Waals surface area contributed by atoms with Gasteiger partial charge in [-0.05, 0) is 37.5 Å². The number of nitrogens with one attached hydrogen (secondary N) is 1. The van der Waals surface area contributed by atoms with E-state index < -0.39 is 11.6 Å². The van der Waals surface area contributed by atoms with Crippen LogP contribution in [0.25, 0.3) is 5.70 Å². The maximum Gasteiger partial charge on any atom is 0.309 e. The molecule has 0 saturated carbocycles. The Labute approximate surface area is 165 Å². The lowest BCUT2D eigenvalue weighted by atomic mass is 10.0. The molecule has 1 atom stereocenters. The van der Waals surface area contributed by atoms with Crippen LogP contribution in [0.1, 0.15) is 45.1 Å². The summed E-state index contributed by atoms with van der Waals surface area (Å²) in [5, 5.41) is 13.8. The number of carboxylic acid groups (broad SMARTS) is 1. The lowest BCUT2D eigenvalue weighted by molar-refractivity contribution is -0.136. The minimum absolute atomic E-state index is 0.0792. The van der Waals surface area contributed by atoms with Crippen molar-refractivity contribution in [2.24, 2.45) is 0 Å². The molecule has 0 aromatic heterocycles. The second kappa shape index (κ2) is 8.05. The largest absolute Gasteiger partial charge is 0.481 e. The minimum atomic E-state index is -0.864. The number of carboxylic acids is 1. The average molecular weight is 385 g/mol. The molecule has 5 heteroatoms. The van der Waals surface area contributed by atoms with Crippen molar-refractivity contribution >= 4 is 29.0 Å². The number of para-hydroxylation sites is 1. The molecule has 2 aromatic carbocycles. The van der Waals surface area contributed by atoms with E-state index in [1.54, 1.807) is 0 Å². The van der Waals surface area contributed by atoms with Crippen molar-refractivity contribution in [3.63, 3.8) is 0 Å². The summed E-state index contributed by atoms with van der Waals surface area (Å²) in [6.07, 6.45) is 2.87. The highest BCUT2D eigenvalue weighted by Gasteiger charge is 2.43. The predicted octanol–water partition coefficient (Wildman–Crippen LogP) is 5.50. The van der Waals surface area contributed by atoms with Gasteiger partial charge >= 0.3 is 5.97 Å². The van der Waals surface area contributed by atoms with Crippen LogP contribution < -0.4 is 10.2 Å². The van der Waals surface area contributed by atoms with Crippen LogP contribution in [0.5, 0.6) is 0 Å². The zero-order chi connectivity index (χ0) is 19.4. The van der Waals surface area contributed by atoms with Gasteiger partial charge in [-0.25, -0.2) is 0 Å². The van der Waals surface area contributed by atoms with E-state index in [4.69, 9.17) is 11.6 Å². The van der Waals surface area contributed by atoms with Crippen LogP contribution in [-0.2, 0) is 4.79 Å². The standard InChI is InChI=1S/C22H25ClN2O2/c1-3-4-14-22(2)24-21(16-10-6-5-7-11-16)19(15-20(26)27)25(22)18-13-9-8-12-17(18)23/h5-13,24H,3-4,14-15H2,1-2H3,(H,26,27). The molecule has 27 heavy (non-hydrogen) atoms. The predicted molar refractivity (Wildman–Crippen MR) is 111 cm³/mol. The highest BCUT2D eigenvalue weighted by atomic mass is 35.5. The van der Waals surface area contributed by atoms with Crippen molar-refractivity contribution in [1.29, 1.82) is 0 Å². The van der Waals surface area contributed by atoms with Crippen molar-refractivity contribution in [3.05, 3.63) is 70.9 Å². The first-order valence-corrected chi connectivity index (χ1v) is 9.67. The van der Waals surface area contributed by atoms with Gasteiger partial charge in [0.05, 0.1) is 28.5 Å². The Morgan fingerprint density at radius 2 is 1.81 bits per heavy atom. The molecule has 1 heterocycles. The monoisotopic (exact) mass is 384 g/mol. The quantitative estimate of drug-likeness (QED) is 0.661. The molecule has 2 N–H and O–H groups in total. The number of aliphatic carboxylic acids is 1. The molecule has 0 bridgehead atoms. The zero-order valence-corrected chi connectivity index (χ0v) is 16.5. The number of anilines is 1. The van der Waals surface area contributed by atoms with Crippen LogP contribution in [0.3, 0.4) is 0 Å². The SMILES string of the molecule is CCCCC1(C)NC(c2ccccc2)=C(CC(=O)O)N1c1ccccc1Cl. The number of carbonyl (C=O) groups is 1. The summed E-state index contributed by atoms with van der Waals surface area (Å²) in [6, 6.07) is 17.5.